The quantitative estimate of drug-likeness (QED) is 0.715. The van der Waals surface area contributed by atoms with Gasteiger partial charge in [0.1, 0.15) is 0 Å². The molecule has 0 saturated heterocycles. The van der Waals surface area contributed by atoms with Crippen molar-refractivity contribution >= 4 is 11.6 Å². The van der Waals surface area contributed by atoms with Crippen molar-refractivity contribution in [1.82, 2.24) is 5.32 Å². The van der Waals surface area contributed by atoms with Gasteiger partial charge < -0.3 is 15.4 Å². The van der Waals surface area contributed by atoms with Crippen LogP contribution in [0, 0.1) is 0 Å². The maximum absolute atomic E-state index is 10.6. The van der Waals surface area contributed by atoms with Crippen LogP contribution in [0.15, 0.2) is 24.3 Å². The van der Waals surface area contributed by atoms with Crippen molar-refractivity contribution in [3.8, 4) is 0 Å². The first-order valence-corrected chi connectivity index (χ1v) is 5.28. The Balaban J connectivity index is 2.35. The van der Waals surface area contributed by atoms with Crippen molar-refractivity contribution < 1.29 is 9.53 Å². The Morgan fingerprint density at radius 1 is 1.38 bits per heavy atom. The third kappa shape index (κ3) is 4.79. The molecule has 1 aromatic rings. The zero-order valence-electron chi connectivity index (χ0n) is 9.75. The van der Waals surface area contributed by atoms with E-state index in [0.29, 0.717) is 13.2 Å². The Morgan fingerprint density at radius 2 is 2.19 bits per heavy atom. The van der Waals surface area contributed by atoms with Crippen LogP contribution >= 0.6 is 0 Å². The second-order valence-electron chi connectivity index (χ2n) is 3.54. The van der Waals surface area contributed by atoms with E-state index in [1.165, 1.54) is 6.92 Å². The molecule has 0 saturated carbocycles. The number of carbonyl (C=O) groups is 1. The Hall–Kier alpha value is -1.55. The summed E-state index contributed by atoms with van der Waals surface area (Å²) in [5, 5.41) is 5.96. The van der Waals surface area contributed by atoms with E-state index in [-0.39, 0.29) is 5.91 Å². The van der Waals surface area contributed by atoms with Crippen LogP contribution in [0.4, 0.5) is 5.69 Å². The van der Waals surface area contributed by atoms with E-state index in [2.05, 4.69) is 10.6 Å². The number of benzene rings is 1. The van der Waals surface area contributed by atoms with Gasteiger partial charge in [0.15, 0.2) is 0 Å². The lowest BCUT2D eigenvalue weighted by molar-refractivity contribution is -0.118. The highest BCUT2D eigenvalue weighted by Crippen LogP contribution is 2.10. The van der Waals surface area contributed by atoms with Gasteiger partial charge in [0.05, 0.1) is 6.61 Å². The first kappa shape index (κ1) is 12.5. The molecule has 0 aliphatic carbocycles. The maximum atomic E-state index is 10.6. The Bertz CT molecular complexity index is 340. The molecule has 0 radical (unpaired) electrons. The molecule has 0 aromatic heterocycles. The van der Waals surface area contributed by atoms with Gasteiger partial charge in [-0.25, -0.2) is 0 Å². The zero-order chi connectivity index (χ0) is 11.8. The lowest BCUT2D eigenvalue weighted by atomic mass is 10.2. The largest absolute Gasteiger partial charge is 0.383 e. The minimum absolute atomic E-state index is 0.00469. The van der Waals surface area contributed by atoms with Crippen molar-refractivity contribution in [2.45, 2.75) is 13.5 Å². The number of carbonyl (C=O) groups excluding carboxylic acids is 1. The number of amides is 1. The third-order valence-corrected chi connectivity index (χ3v) is 2.07. The Labute approximate surface area is 96.0 Å². The highest BCUT2D eigenvalue weighted by molar-refractivity contribution is 5.72. The summed E-state index contributed by atoms with van der Waals surface area (Å²) in [5.41, 5.74) is 2.17. The van der Waals surface area contributed by atoms with Crippen molar-refractivity contribution in [1.29, 1.82) is 0 Å². The molecule has 1 rings (SSSR count). The molecule has 1 aromatic carbocycles. The summed E-state index contributed by atoms with van der Waals surface area (Å²) < 4.78 is 5.06. The van der Waals surface area contributed by atoms with E-state index in [0.717, 1.165) is 17.8 Å². The summed E-state index contributed by atoms with van der Waals surface area (Å²) in [5.74, 6) is -0.00469. The highest BCUT2D eigenvalue weighted by Gasteiger charge is 1.95. The van der Waals surface area contributed by atoms with Crippen molar-refractivity contribution in [3.63, 3.8) is 0 Å². The minimum Gasteiger partial charge on any atom is -0.383 e. The first-order chi connectivity index (χ1) is 7.72. The predicted octanol–water partition coefficient (Wildman–Crippen LogP) is 1.38. The number of rotatable bonds is 6. The molecule has 0 fully saturated rings. The van der Waals surface area contributed by atoms with Gasteiger partial charge in [-0.05, 0) is 17.7 Å². The average Bonchev–Trinajstić information content (AvgIpc) is 2.25. The van der Waals surface area contributed by atoms with E-state index >= 15 is 0 Å². The van der Waals surface area contributed by atoms with Crippen LogP contribution in [0.1, 0.15) is 12.5 Å². The van der Waals surface area contributed by atoms with Crippen LogP contribution in [0.2, 0.25) is 0 Å². The summed E-state index contributed by atoms with van der Waals surface area (Å²) in [6, 6.07) is 8.03. The molecule has 0 spiro atoms. The lowest BCUT2D eigenvalue weighted by Gasteiger charge is -2.08. The van der Waals surface area contributed by atoms with E-state index in [1.54, 1.807) is 7.11 Å². The Morgan fingerprint density at radius 3 is 2.88 bits per heavy atom. The van der Waals surface area contributed by atoms with Crippen LogP contribution in [0.3, 0.4) is 0 Å². The number of ether oxygens (including phenoxy) is 1. The predicted molar refractivity (Wildman–Crippen MR) is 64.3 cm³/mol. The summed E-state index contributed by atoms with van der Waals surface area (Å²) in [6.45, 7) is 3.47. The molecule has 0 bridgehead atoms. The third-order valence-electron chi connectivity index (χ3n) is 2.07. The van der Waals surface area contributed by atoms with Gasteiger partial charge in [-0.15, -0.1) is 0 Å². The molecular weight excluding hydrogens is 204 g/mol. The van der Waals surface area contributed by atoms with E-state index in [9.17, 15) is 4.79 Å². The second-order valence-corrected chi connectivity index (χ2v) is 3.54. The molecule has 88 valence electrons. The van der Waals surface area contributed by atoms with Gasteiger partial charge in [0, 0.05) is 32.8 Å². The monoisotopic (exact) mass is 222 g/mol. The fourth-order valence-corrected chi connectivity index (χ4v) is 1.38. The summed E-state index contributed by atoms with van der Waals surface area (Å²) in [7, 11) is 1.68. The number of hydrogen-bond acceptors (Lipinski definition) is 3. The zero-order valence-corrected chi connectivity index (χ0v) is 9.75. The van der Waals surface area contributed by atoms with Gasteiger partial charge in [0.2, 0.25) is 5.91 Å². The molecule has 0 unspecified atom stereocenters. The molecule has 0 aliphatic rings. The van der Waals surface area contributed by atoms with E-state index < -0.39 is 0 Å². The second kappa shape index (κ2) is 6.85. The molecule has 2 N–H and O–H groups in total. The highest BCUT2D eigenvalue weighted by atomic mass is 16.5. The summed E-state index contributed by atoms with van der Waals surface area (Å²) >= 11 is 0. The molecule has 1 amide bonds. The topological polar surface area (TPSA) is 50.4 Å². The number of anilines is 1. The van der Waals surface area contributed by atoms with Gasteiger partial charge in [0.25, 0.3) is 0 Å². The van der Waals surface area contributed by atoms with Crippen molar-refractivity contribution in [2.24, 2.45) is 0 Å². The molecule has 16 heavy (non-hydrogen) atoms. The smallest absolute Gasteiger partial charge is 0.216 e. The fraction of sp³-hybridized carbons (Fsp3) is 0.417. The van der Waals surface area contributed by atoms with Gasteiger partial charge in [-0.2, -0.15) is 0 Å². The first-order valence-electron chi connectivity index (χ1n) is 5.28. The number of nitrogens with one attached hydrogen (secondary N) is 2. The van der Waals surface area contributed by atoms with Crippen LogP contribution in [-0.2, 0) is 16.1 Å². The van der Waals surface area contributed by atoms with Gasteiger partial charge in [-0.1, -0.05) is 12.1 Å². The van der Waals surface area contributed by atoms with E-state index in [1.807, 2.05) is 24.3 Å². The molecule has 0 heterocycles. The van der Waals surface area contributed by atoms with Crippen molar-refractivity contribution in [3.05, 3.63) is 29.8 Å². The fourth-order valence-electron chi connectivity index (χ4n) is 1.38. The van der Waals surface area contributed by atoms with Crippen LogP contribution in [0.25, 0.3) is 0 Å². The molecule has 0 atom stereocenters. The SMILES string of the molecule is COCc1cccc(NCCNC(C)=O)c1. The maximum Gasteiger partial charge on any atom is 0.216 e. The van der Waals surface area contributed by atoms with Crippen LogP contribution in [-0.4, -0.2) is 26.1 Å². The molecular formula is C12H18N2O2. The minimum atomic E-state index is -0.00469. The van der Waals surface area contributed by atoms with Crippen LogP contribution in [0.5, 0.6) is 0 Å². The number of hydrogen-bond donors (Lipinski definition) is 2. The standard InChI is InChI=1S/C12H18N2O2/c1-10(15)13-6-7-14-12-5-3-4-11(8-12)9-16-2/h3-5,8,14H,6-7,9H2,1-2H3,(H,13,15). The normalized spacial score (nSPS) is 9.88. The molecule has 4 heteroatoms. The summed E-state index contributed by atoms with van der Waals surface area (Å²) in [6.07, 6.45) is 0. The summed E-state index contributed by atoms with van der Waals surface area (Å²) in [4.78, 5) is 10.6. The van der Waals surface area contributed by atoms with Gasteiger partial charge in [-0.3, -0.25) is 4.79 Å². The van der Waals surface area contributed by atoms with Crippen molar-refractivity contribution in [2.75, 3.05) is 25.5 Å². The lowest BCUT2D eigenvalue weighted by Crippen LogP contribution is -2.26. The van der Waals surface area contributed by atoms with Gasteiger partial charge >= 0.3 is 0 Å². The number of methoxy groups -OCH3 is 1. The molecule has 4 nitrogen and oxygen atoms in total. The molecule has 0 aliphatic heterocycles. The Kier molecular flexibility index (Phi) is 5.36. The van der Waals surface area contributed by atoms with E-state index in [4.69, 9.17) is 4.74 Å². The average molecular weight is 222 g/mol. The van der Waals surface area contributed by atoms with Crippen LogP contribution < -0.4 is 10.6 Å².